The zero-order chi connectivity index (χ0) is 13.5. The maximum atomic E-state index is 11.5. The Kier molecular flexibility index (Phi) is 4.34. The minimum Gasteiger partial charge on any atom is -0.483 e. The molecule has 1 aromatic carbocycles. The third-order valence-corrected chi connectivity index (χ3v) is 2.47. The van der Waals surface area contributed by atoms with Gasteiger partial charge in [0.25, 0.3) is 5.91 Å². The molecule has 5 nitrogen and oxygen atoms in total. The fourth-order valence-corrected chi connectivity index (χ4v) is 1.49. The number of aromatic nitrogens is 1. The molecular weight excluding hydrogens is 242 g/mol. The molecule has 0 fully saturated rings. The number of ether oxygens (including phenoxy) is 1. The lowest BCUT2D eigenvalue weighted by molar-refractivity contribution is -0.123. The number of amides is 1. The molecule has 0 unspecified atom stereocenters. The fraction of sp³-hybridized carbons (Fsp3) is 0.143. The van der Waals surface area contributed by atoms with Crippen molar-refractivity contribution in [2.24, 2.45) is 5.10 Å². The molecule has 1 amide bonds. The van der Waals surface area contributed by atoms with Crippen LogP contribution >= 0.6 is 0 Å². The second-order valence-corrected chi connectivity index (χ2v) is 3.97. The van der Waals surface area contributed by atoms with E-state index in [1.54, 1.807) is 6.20 Å². The van der Waals surface area contributed by atoms with Crippen LogP contribution in [0.1, 0.15) is 11.3 Å². The molecule has 0 bridgehead atoms. The molecule has 0 aliphatic carbocycles. The van der Waals surface area contributed by atoms with Gasteiger partial charge in [-0.1, -0.05) is 18.2 Å². The van der Waals surface area contributed by atoms with Gasteiger partial charge in [-0.15, -0.1) is 0 Å². The number of carbonyl (C=O) groups is 1. The molecule has 0 saturated heterocycles. The highest BCUT2D eigenvalue weighted by Gasteiger charge is 2.02. The van der Waals surface area contributed by atoms with Gasteiger partial charge < -0.3 is 9.72 Å². The number of para-hydroxylation sites is 1. The standard InChI is InChI=1S/C14H15N3O2/c1-11-5-2-3-7-13(11)19-10-14(18)17-16-9-12-6-4-8-15-12/h2-9,15H,10H2,1H3,(H,17,18)/b16-9-. The first-order valence-corrected chi connectivity index (χ1v) is 5.89. The molecule has 2 aromatic rings. The van der Waals surface area contributed by atoms with Crippen LogP contribution in [0.2, 0.25) is 0 Å². The van der Waals surface area contributed by atoms with E-state index >= 15 is 0 Å². The van der Waals surface area contributed by atoms with Gasteiger partial charge in [0.1, 0.15) is 5.75 Å². The first kappa shape index (κ1) is 12.9. The predicted octanol–water partition coefficient (Wildman–Crippen LogP) is 1.85. The van der Waals surface area contributed by atoms with Gasteiger partial charge >= 0.3 is 0 Å². The molecule has 0 atom stereocenters. The van der Waals surface area contributed by atoms with E-state index in [1.807, 2.05) is 43.3 Å². The molecule has 0 aliphatic rings. The summed E-state index contributed by atoms with van der Waals surface area (Å²) in [5.74, 6) is 0.400. The van der Waals surface area contributed by atoms with E-state index in [9.17, 15) is 4.79 Å². The zero-order valence-electron chi connectivity index (χ0n) is 10.6. The maximum Gasteiger partial charge on any atom is 0.277 e. The van der Waals surface area contributed by atoms with Crippen LogP contribution in [0.25, 0.3) is 0 Å². The quantitative estimate of drug-likeness (QED) is 0.634. The van der Waals surface area contributed by atoms with Crippen LogP contribution < -0.4 is 10.2 Å². The van der Waals surface area contributed by atoms with Crippen LogP contribution in [0.4, 0.5) is 0 Å². The molecule has 98 valence electrons. The number of hydrazone groups is 1. The van der Waals surface area contributed by atoms with Gasteiger partial charge in [-0.3, -0.25) is 4.79 Å². The Morgan fingerprint density at radius 1 is 1.37 bits per heavy atom. The van der Waals surface area contributed by atoms with E-state index in [0.29, 0.717) is 5.75 Å². The number of hydrogen-bond donors (Lipinski definition) is 2. The van der Waals surface area contributed by atoms with Crippen molar-refractivity contribution in [1.29, 1.82) is 0 Å². The summed E-state index contributed by atoms with van der Waals surface area (Å²) in [5, 5.41) is 3.81. The van der Waals surface area contributed by atoms with Crippen molar-refractivity contribution in [2.75, 3.05) is 6.61 Å². The van der Waals surface area contributed by atoms with Gasteiger partial charge in [-0.2, -0.15) is 5.10 Å². The Hall–Kier alpha value is -2.56. The molecule has 19 heavy (non-hydrogen) atoms. The largest absolute Gasteiger partial charge is 0.483 e. The van der Waals surface area contributed by atoms with Crippen molar-refractivity contribution in [1.82, 2.24) is 10.4 Å². The van der Waals surface area contributed by atoms with Gasteiger partial charge in [0.2, 0.25) is 0 Å². The normalized spacial score (nSPS) is 10.6. The van der Waals surface area contributed by atoms with Crippen molar-refractivity contribution in [3.8, 4) is 5.75 Å². The van der Waals surface area contributed by atoms with Crippen molar-refractivity contribution >= 4 is 12.1 Å². The van der Waals surface area contributed by atoms with Crippen LogP contribution in [0.15, 0.2) is 47.7 Å². The SMILES string of the molecule is Cc1ccccc1OCC(=O)N/N=C\c1ccc[nH]1. The fourth-order valence-electron chi connectivity index (χ4n) is 1.49. The average Bonchev–Trinajstić information content (AvgIpc) is 2.91. The first-order valence-electron chi connectivity index (χ1n) is 5.89. The number of nitrogens with one attached hydrogen (secondary N) is 2. The molecule has 5 heteroatoms. The van der Waals surface area contributed by atoms with Crippen molar-refractivity contribution < 1.29 is 9.53 Å². The summed E-state index contributed by atoms with van der Waals surface area (Å²) >= 11 is 0. The Morgan fingerprint density at radius 2 is 2.21 bits per heavy atom. The Morgan fingerprint density at radius 3 is 2.95 bits per heavy atom. The lowest BCUT2D eigenvalue weighted by Gasteiger charge is -2.07. The van der Waals surface area contributed by atoms with Crippen molar-refractivity contribution in [2.45, 2.75) is 6.92 Å². The van der Waals surface area contributed by atoms with Crippen LogP contribution in [0.5, 0.6) is 5.75 Å². The summed E-state index contributed by atoms with van der Waals surface area (Å²) < 4.78 is 5.39. The lowest BCUT2D eigenvalue weighted by Crippen LogP contribution is -2.24. The summed E-state index contributed by atoms with van der Waals surface area (Å²) in [4.78, 5) is 14.4. The third-order valence-electron chi connectivity index (χ3n) is 2.47. The maximum absolute atomic E-state index is 11.5. The Labute approximate surface area is 111 Å². The van der Waals surface area contributed by atoms with Gasteiger partial charge in [0.15, 0.2) is 6.61 Å². The van der Waals surface area contributed by atoms with Gasteiger partial charge in [0, 0.05) is 6.20 Å². The summed E-state index contributed by atoms with van der Waals surface area (Å²) in [6.07, 6.45) is 3.32. The molecule has 2 N–H and O–H groups in total. The number of benzene rings is 1. The molecule has 1 heterocycles. The van der Waals surface area contributed by atoms with E-state index < -0.39 is 0 Å². The summed E-state index contributed by atoms with van der Waals surface area (Å²) in [7, 11) is 0. The van der Waals surface area contributed by atoms with Crippen LogP contribution in [-0.4, -0.2) is 23.7 Å². The van der Waals surface area contributed by atoms with Crippen LogP contribution in [0, 0.1) is 6.92 Å². The number of nitrogens with zero attached hydrogens (tertiary/aromatic N) is 1. The topological polar surface area (TPSA) is 66.5 Å². The number of aromatic amines is 1. The summed E-state index contributed by atoms with van der Waals surface area (Å²) in [5.41, 5.74) is 4.21. The molecule has 2 rings (SSSR count). The molecule has 0 spiro atoms. The van der Waals surface area contributed by atoms with E-state index in [0.717, 1.165) is 11.3 Å². The minimum absolute atomic E-state index is 0.0626. The number of carbonyl (C=O) groups excluding carboxylic acids is 1. The Bertz CT molecular complexity index is 562. The molecular formula is C14H15N3O2. The zero-order valence-corrected chi connectivity index (χ0v) is 10.6. The third kappa shape index (κ3) is 3.99. The van der Waals surface area contributed by atoms with E-state index in [-0.39, 0.29) is 12.5 Å². The number of H-pyrrole nitrogens is 1. The van der Waals surface area contributed by atoms with E-state index in [2.05, 4.69) is 15.5 Å². The van der Waals surface area contributed by atoms with Gasteiger partial charge in [-0.25, -0.2) is 5.43 Å². The smallest absolute Gasteiger partial charge is 0.277 e. The molecule has 0 saturated carbocycles. The highest BCUT2D eigenvalue weighted by Crippen LogP contribution is 2.15. The second kappa shape index (κ2) is 6.39. The number of hydrogen-bond acceptors (Lipinski definition) is 3. The van der Waals surface area contributed by atoms with Gasteiger partial charge in [-0.05, 0) is 30.7 Å². The monoisotopic (exact) mass is 257 g/mol. The van der Waals surface area contributed by atoms with Crippen LogP contribution in [-0.2, 0) is 4.79 Å². The van der Waals surface area contributed by atoms with Crippen molar-refractivity contribution in [3.05, 3.63) is 53.9 Å². The highest BCUT2D eigenvalue weighted by molar-refractivity contribution is 5.81. The minimum atomic E-state index is -0.300. The first-order chi connectivity index (χ1) is 9.25. The highest BCUT2D eigenvalue weighted by atomic mass is 16.5. The van der Waals surface area contributed by atoms with E-state index in [1.165, 1.54) is 6.21 Å². The van der Waals surface area contributed by atoms with Crippen LogP contribution in [0.3, 0.4) is 0 Å². The molecule has 0 aliphatic heterocycles. The molecule has 1 aromatic heterocycles. The lowest BCUT2D eigenvalue weighted by atomic mass is 10.2. The van der Waals surface area contributed by atoms with Crippen molar-refractivity contribution in [3.63, 3.8) is 0 Å². The molecule has 0 radical (unpaired) electrons. The summed E-state index contributed by atoms with van der Waals surface area (Å²) in [6, 6.07) is 11.2. The second-order valence-electron chi connectivity index (χ2n) is 3.97. The number of rotatable bonds is 5. The average molecular weight is 257 g/mol. The summed E-state index contributed by atoms with van der Waals surface area (Å²) in [6.45, 7) is 1.86. The van der Waals surface area contributed by atoms with Gasteiger partial charge in [0.05, 0.1) is 11.9 Å². The predicted molar refractivity (Wildman–Crippen MR) is 73.2 cm³/mol. The number of aryl methyl sites for hydroxylation is 1. The Balaban J connectivity index is 1.78. The van der Waals surface area contributed by atoms with E-state index in [4.69, 9.17) is 4.74 Å².